The van der Waals surface area contributed by atoms with Crippen molar-refractivity contribution in [3.63, 3.8) is 0 Å². The van der Waals surface area contributed by atoms with Gasteiger partial charge in [-0.1, -0.05) is 24.3 Å². The zero-order valence-corrected chi connectivity index (χ0v) is 28.4. The molecule has 6 amide bonds. The number of hydrogen-bond acceptors (Lipinski definition) is 13. The molecule has 274 valence electrons. The summed E-state index contributed by atoms with van der Waals surface area (Å²) in [5, 5.41) is 20.8. The van der Waals surface area contributed by atoms with Gasteiger partial charge in [-0.25, -0.2) is 4.79 Å². The van der Waals surface area contributed by atoms with Crippen LogP contribution in [0.25, 0.3) is 10.9 Å². The molecule has 17 heteroatoms. The van der Waals surface area contributed by atoms with Crippen LogP contribution in [0.2, 0.25) is 0 Å². The number of fused-ring (bicyclic) bond motifs is 2. The molecule has 0 saturated carbocycles. The smallest absolute Gasteiger partial charge is 0.337 e. The first-order valence-corrected chi connectivity index (χ1v) is 16.5. The highest BCUT2D eigenvalue weighted by atomic mass is 16.6. The quantitative estimate of drug-likeness (QED) is 0.0629. The van der Waals surface area contributed by atoms with E-state index in [1.807, 2.05) is 30.3 Å². The summed E-state index contributed by atoms with van der Waals surface area (Å²) < 4.78 is 15.8. The van der Waals surface area contributed by atoms with E-state index in [1.165, 1.54) is 24.4 Å². The van der Waals surface area contributed by atoms with Gasteiger partial charge in [0.05, 0.1) is 47.7 Å². The molecule has 0 radical (unpaired) electrons. The maximum atomic E-state index is 13.1. The van der Waals surface area contributed by atoms with Crippen LogP contribution in [0.1, 0.15) is 39.1 Å². The minimum Gasteiger partial charge on any atom is -0.424 e. The predicted octanol–water partition coefficient (Wildman–Crippen LogP) is 1.94. The van der Waals surface area contributed by atoms with E-state index in [9.17, 15) is 38.8 Å². The van der Waals surface area contributed by atoms with Gasteiger partial charge in [-0.15, -0.1) is 0 Å². The molecule has 0 bridgehead atoms. The van der Waals surface area contributed by atoms with Crippen molar-refractivity contribution >= 4 is 69.4 Å². The molecule has 2 aliphatic rings. The third kappa shape index (κ3) is 8.36. The Balaban J connectivity index is 0.911. The number of esters is 1. The Morgan fingerprint density at radius 3 is 2.44 bits per heavy atom. The molecule has 4 N–H and O–H groups in total. The Bertz CT molecular complexity index is 2220. The fraction of sp³-hybridized carbons (Fsp3) is 0.216. The number of carbonyl (C=O) groups excluding carboxylic acids is 7. The first kappa shape index (κ1) is 36.8. The minimum atomic E-state index is -1.17. The lowest BCUT2D eigenvalue weighted by molar-refractivity contribution is -0.140. The molecular formula is C37H31N7O10. The number of benzene rings is 3. The van der Waals surface area contributed by atoms with Gasteiger partial charge in [0.15, 0.2) is 0 Å². The second kappa shape index (κ2) is 16.5. The Morgan fingerprint density at radius 1 is 0.907 bits per heavy atom. The third-order valence-corrected chi connectivity index (χ3v) is 8.24. The number of ether oxygens (including phenoxy) is 3. The number of nitrogens with one attached hydrogen (secondary N) is 4. The fourth-order valence-electron chi connectivity index (χ4n) is 5.75. The normalized spacial score (nSPS) is 14.9. The molecule has 54 heavy (non-hydrogen) atoms. The van der Waals surface area contributed by atoms with Crippen molar-refractivity contribution in [1.29, 1.82) is 5.26 Å². The molecule has 1 saturated heterocycles. The SMILES string of the molecule is N#Cc1cnc2ccc(NC(=O)CNC(=O)COCCOCC(=O)Oc3cccc4c3C(=O)N(C3CCC(=O)NC3=O)C4=O)cc2c1Nc1ccccc1. The van der Waals surface area contributed by atoms with Crippen molar-refractivity contribution in [3.05, 3.63) is 89.6 Å². The van der Waals surface area contributed by atoms with Crippen molar-refractivity contribution in [2.24, 2.45) is 0 Å². The Labute approximate surface area is 306 Å². The van der Waals surface area contributed by atoms with Gasteiger partial charge < -0.3 is 30.2 Å². The van der Waals surface area contributed by atoms with Crippen LogP contribution in [-0.4, -0.2) is 90.3 Å². The maximum absolute atomic E-state index is 13.1. The van der Waals surface area contributed by atoms with Crippen molar-refractivity contribution < 1.29 is 47.8 Å². The van der Waals surface area contributed by atoms with Crippen molar-refractivity contribution in [1.82, 2.24) is 20.5 Å². The number of piperidine rings is 1. The largest absolute Gasteiger partial charge is 0.424 e. The van der Waals surface area contributed by atoms with E-state index in [1.54, 1.807) is 18.2 Å². The van der Waals surface area contributed by atoms with Gasteiger partial charge >= 0.3 is 5.97 Å². The summed E-state index contributed by atoms with van der Waals surface area (Å²) >= 11 is 0. The minimum absolute atomic E-state index is 0.0240. The number of nitriles is 1. The summed E-state index contributed by atoms with van der Waals surface area (Å²) in [6, 6.07) is 19.4. The number of anilines is 3. The van der Waals surface area contributed by atoms with Gasteiger partial charge in [-0.2, -0.15) is 5.26 Å². The summed E-state index contributed by atoms with van der Waals surface area (Å²) in [5.41, 5.74) is 2.41. The Hall–Kier alpha value is -7.03. The zero-order valence-electron chi connectivity index (χ0n) is 28.4. The number of nitrogens with zero attached hydrogens (tertiary/aromatic N) is 3. The zero-order chi connectivity index (χ0) is 38.2. The maximum Gasteiger partial charge on any atom is 0.337 e. The lowest BCUT2D eigenvalue weighted by Gasteiger charge is -2.27. The Morgan fingerprint density at radius 2 is 1.69 bits per heavy atom. The van der Waals surface area contributed by atoms with Crippen LogP contribution in [0.15, 0.2) is 72.9 Å². The lowest BCUT2D eigenvalue weighted by Crippen LogP contribution is -2.54. The Kier molecular flexibility index (Phi) is 11.3. The number of carbonyl (C=O) groups is 7. The summed E-state index contributed by atoms with van der Waals surface area (Å²) in [7, 11) is 0. The van der Waals surface area contributed by atoms with Crippen LogP contribution in [-0.2, 0) is 33.4 Å². The fourth-order valence-corrected chi connectivity index (χ4v) is 5.75. The summed E-state index contributed by atoms with van der Waals surface area (Å²) in [6.07, 6.45) is 1.41. The molecule has 0 spiro atoms. The number of pyridine rings is 1. The molecule has 6 rings (SSSR count). The number of imide groups is 2. The molecule has 1 aromatic heterocycles. The molecule has 2 aliphatic heterocycles. The predicted molar refractivity (Wildman–Crippen MR) is 188 cm³/mol. The standard InChI is InChI=1S/C37H31N7O10/c38-16-21-17-39-26-10-9-23(15-25(26)34(21)42-22-5-2-1-3-6-22)41-30(46)18-40-31(47)19-52-13-14-53-20-32(48)54-28-8-4-7-24-33(28)37(51)44(36(24)50)27-11-12-29(45)43-35(27)49/h1-10,15,17,27H,11-14,18-20H2,(H,39,42)(H,40,47)(H,41,46)(H,43,45,49). The molecule has 3 aromatic carbocycles. The number of rotatable bonds is 14. The third-order valence-electron chi connectivity index (χ3n) is 8.24. The van der Waals surface area contributed by atoms with Crippen LogP contribution < -0.4 is 26.0 Å². The average molecular weight is 734 g/mol. The first-order valence-electron chi connectivity index (χ1n) is 16.5. The van der Waals surface area contributed by atoms with Gasteiger partial charge in [0, 0.05) is 29.4 Å². The van der Waals surface area contributed by atoms with Gasteiger partial charge in [0.2, 0.25) is 23.6 Å². The molecule has 17 nitrogen and oxygen atoms in total. The number of para-hydroxylation sites is 1. The van der Waals surface area contributed by atoms with Crippen LogP contribution >= 0.6 is 0 Å². The van der Waals surface area contributed by atoms with Crippen LogP contribution in [0, 0.1) is 11.3 Å². The topological polar surface area (TPSA) is 235 Å². The van der Waals surface area contributed by atoms with Gasteiger partial charge in [0.1, 0.15) is 31.1 Å². The molecule has 1 fully saturated rings. The number of aromatic nitrogens is 1. The van der Waals surface area contributed by atoms with Crippen LogP contribution in [0.4, 0.5) is 17.1 Å². The number of hydrogen-bond donors (Lipinski definition) is 4. The van der Waals surface area contributed by atoms with E-state index >= 15 is 0 Å². The van der Waals surface area contributed by atoms with Crippen molar-refractivity contribution in [2.45, 2.75) is 18.9 Å². The first-order chi connectivity index (χ1) is 26.1. The van der Waals surface area contributed by atoms with Gasteiger partial charge in [0.25, 0.3) is 11.8 Å². The highest BCUT2D eigenvalue weighted by molar-refractivity contribution is 6.24. The van der Waals surface area contributed by atoms with E-state index < -0.39 is 60.7 Å². The lowest BCUT2D eigenvalue weighted by atomic mass is 10.0. The van der Waals surface area contributed by atoms with E-state index in [2.05, 4.69) is 32.3 Å². The molecular weight excluding hydrogens is 702 g/mol. The van der Waals surface area contributed by atoms with Crippen molar-refractivity contribution in [2.75, 3.05) is 43.6 Å². The molecule has 4 aromatic rings. The number of amides is 6. The van der Waals surface area contributed by atoms with Gasteiger partial charge in [-0.05, 0) is 48.9 Å². The summed E-state index contributed by atoms with van der Waals surface area (Å²) in [6.45, 7) is -1.50. The van der Waals surface area contributed by atoms with E-state index in [0.717, 1.165) is 10.6 Å². The average Bonchev–Trinajstić information content (AvgIpc) is 3.42. The molecule has 1 atom stereocenters. The molecule has 1 unspecified atom stereocenters. The van der Waals surface area contributed by atoms with Gasteiger partial charge in [-0.3, -0.25) is 44.0 Å². The second-order valence-corrected chi connectivity index (χ2v) is 11.9. The highest BCUT2D eigenvalue weighted by Crippen LogP contribution is 2.34. The van der Waals surface area contributed by atoms with E-state index in [-0.39, 0.29) is 49.5 Å². The molecule has 0 aliphatic carbocycles. The van der Waals surface area contributed by atoms with E-state index in [0.29, 0.717) is 27.8 Å². The van der Waals surface area contributed by atoms with E-state index in [4.69, 9.17) is 14.2 Å². The molecule has 3 heterocycles. The summed E-state index contributed by atoms with van der Waals surface area (Å²) in [5.74, 6) is -5.01. The second-order valence-electron chi connectivity index (χ2n) is 11.9. The van der Waals surface area contributed by atoms with Crippen LogP contribution in [0.3, 0.4) is 0 Å². The highest BCUT2D eigenvalue weighted by Gasteiger charge is 2.46. The monoisotopic (exact) mass is 733 g/mol. The van der Waals surface area contributed by atoms with Crippen LogP contribution in [0.5, 0.6) is 5.75 Å². The summed E-state index contributed by atoms with van der Waals surface area (Å²) in [4.78, 5) is 92.3. The van der Waals surface area contributed by atoms with Crippen molar-refractivity contribution in [3.8, 4) is 11.8 Å².